The number of ether oxygens (including phenoxy) is 1. The molecule has 7 heteroatoms. The Morgan fingerprint density at radius 1 is 1.21 bits per heavy atom. The summed E-state index contributed by atoms with van der Waals surface area (Å²) < 4.78 is 32.5. The van der Waals surface area contributed by atoms with Gasteiger partial charge in [0.2, 0.25) is 15.0 Å². The van der Waals surface area contributed by atoms with Gasteiger partial charge in [0, 0.05) is 26.2 Å². The van der Waals surface area contributed by atoms with Gasteiger partial charge >= 0.3 is 0 Å². The Morgan fingerprint density at radius 3 is 2.71 bits per heavy atom. The Balaban J connectivity index is 1.85. The van der Waals surface area contributed by atoms with E-state index in [0.717, 1.165) is 25.1 Å². The summed E-state index contributed by atoms with van der Waals surface area (Å²) in [5, 5.41) is 0.196. The van der Waals surface area contributed by atoms with Crippen LogP contribution in [0.5, 0.6) is 0 Å². The number of aryl methyl sites for hydroxylation is 1. The third kappa shape index (κ3) is 5.01. The van der Waals surface area contributed by atoms with Gasteiger partial charge < -0.3 is 9.30 Å². The van der Waals surface area contributed by atoms with Crippen LogP contribution in [-0.2, 0) is 34.1 Å². The van der Waals surface area contributed by atoms with Gasteiger partial charge in [-0.25, -0.2) is 13.4 Å². The standard InChI is InChI=1S/C21H31N3O3S/c1-3-28(25,26)21-22-15-20(16-23-13-8-7-11-19(23)17-27-2)24(21)14-12-18-9-5-4-6-10-18/h4-6,9-10,15,19H,3,7-8,11-14,16-17H2,1-2H3/t19-/m1/s1. The van der Waals surface area contributed by atoms with Gasteiger partial charge in [-0.1, -0.05) is 43.7 Å². The van der Waals surface area contributed by atoms with Crippen LogP contribution in [0.4, 0.5) is 0 Å². The zero-order valence-corrected chi connectivity index (χ0v) is 17.7. The van der Waals surface area contributed by atoms with E-state index in [2.05, 4.69) is 22.0 Å². The van der Waals surface area contributed by atoms with Crippen molar-refractivity contribution in [2.75, 3.05) is 26.0 Å². The summed E-state index contributed by atoms with van der Waals surface area (Å²) >= 11 is 0. The summed E-state index contributed by atoms with van der Waals surface area (Å²) in [6, 6.07) is 10.5. The molecule has 0 saturated carbocycles. The molecule has 2 aromatic rings. The highest BCUT2D eigenvalue weighted by Gasteiger charge is 2.26. The molecule has 0 radical (unpaired) electrons. The fourth-order valence-corrected chi connectivity index (χ4v) is 4.89. The third-order valence-electron chi connectivity index (χ3n) is 5.50. The van der Waals surface area contributed by atoms with Gasteiger partial charge in [-0.3, -0.25) is 4.90 Å². The Bertz CT molecular complexity index is 847. The van der Waals surface area contributed by atoms with Gasteiger partial charge in [-0.2, -0.15) is 0 Å². The third-order valence-corrected chi connectivity index (χ3v) is 7.14. The molecule has 28 heavy (non-hydrogen) atoms. The van der Waals surface area contributed by atoms with Crippen molar-refractivity contribution in [3.05, 3.63) is 47.8 Å². The highest BCUT2D eigenvalue weighted by atomic mass is 32.2. The number of hydrogen-bond acceptors (Lipinski definition) is 5. The van der Waals surface area contributed by atoms with Crippen LogP contribution >= 0.6 is 0 Å². The summed E-state index contributed by atoms with van der Waals surface area (Å²) in [5.74, 6) is 0.0603. The molecule has 0 amide bonds. The van der Waals surface area contributed by atoms with E-state index < -0.39 is 9.84 Å². The second kappa shape index (κ2) is 9.67. The second-order valence-corrected chi connectivity index (χ2v) is 9.57. The minimum atomic E-state index is -3.37. The van der Waals surface area contributed by atoms with Crippen LogP contribution in [0.3, 0.4) is 0 Å². The summed E-state index contributed by atoms with van der Waals surface area (Å²) in [5.41, 5.74) is 2.16. The molecule has 1 atom stereocenters. The highest BCUT2D eigenvalue weighted by molar-refractivity contribution is 7.91. The molecule has 0 N–H and O–H groups in total. The molecule has 0 spiro atoms. The molecule has 0 unspecified atom stereocenters. The number of hydrogen-bond donors (Lipinski definition) is 0. The molecule has 2 heterocycles. The minimum Gasteiger partial charge on any atom is -0.383 e. The van der Waals surface area contributed by atoms with Crippen LogP contribution in [0.25, 0.3) is 0 Å². The number of sulfone groups is 1. The molecule has 1 fully saturated rings. The zero-order valence-electron chi connectivity index (χ0n) is 16.9. The number of methoxy groups -OCH3 is 1. The van der Waals surface area contributed by atoms with Crippen LogP contribution in [0, 0.1) is 0 Å². The van der Waals surface area contributed by atoms with Gasteiger partial charge in [0.1, 0.15) is 0 Å². The monoisotopic (exact) mass is 405 g/mol. The summed E-state index contributed by atoms with van der Waals surface area (Å²) in [4.78, 5) is 6.73. The molecule has 1 aromatic carbocycles. The lowest BCUT2D eigenvalue weighted by Crippen LogP contribution is -2.42. The van der Waals surface area contributed by atoms with Crippen LogP contribution in [-0.4, -0.2) is 54.9 Å². The van der Waals surface area contributed by atoms with Crippen LogP contribution < -0.4 is 0 Å². The molecule has 1 aromatic heterocycles. The lowest BCUT2D eigenvalue weighted by molar-refractivity contribution is 0.0584. The molecule has 154 valence electrons. The number of rotatable bonds is 9. The first-order chi connectivity index (χ1) is 13.5. The van der Waals surface area contributed by atoms with Gasteiger partial charge in [0.15, 0.2) is 0 Å². The van der Waals surface area contributed by atoms with E-state index in [9.17, 15) is 8.42 Å². The fraction of sp³-hybridized carbons (Fsp3) is 0.571. The van der Waals surface area contributed by atoms with E-state index in [-0.39, 0.29) is 10.9 Å². The normalized spacial score (nSPS) is 18.4. The number of imidazole rings is 1. The highest BCUT2D eigenvalue weighted by Crippen LogP contribution is 2.22. The van der Waals surface area contributed by atoms with E-state index in [1.54, 1.807) is 20.2 Å². The molecular formula is C21H31N3O3S. The Hall–Kier alpha value is -1.70. The smallest absolute Gasteiger partial charge is 0.227 e. The van der Waals surface area contributed by atoms with Crippen molar-refractivity contribution in [3.8, 4) is 0 Å². The molecule has 1 aliphatic rings. The molecule has 1 aliphatic heterocycles. The fourth-order valence-electron chi connectivity index (χ4n) is 3.88. The van der Waals surface area contributed by atoms with Crippen LogP contribution in [0.1, 0.15) is 37.4 Å². The van der Waals surface area contributed by atoms with E-state index in [1.165, 1.54) is 18.4 Å². The van der Waals surface area contributed by atoms with E-state index in [1.807, 2.05) is 22.8 Å². The lowest BCUT2D eigenvalue weighted by atomic mass is 10.0. The first kappa shape index (κ1) is 21.0. The topological polar surface area (TPSA) is 64.4 Å². The Kier molecular flexibility index (Phi) is 7.26. The van der Waals surface area contributed by atoms with Crippen LogP contribution in [0.2, 0.25) is 0 Å². The maximum Gasteiger partial charge on any atom is 0.227 e. The van der Waals surface area contributed by atoms with Crippen molar-refractivity contribution in [3.63, 3.8) is 0 Å². The van der Waals surface area contributed by atoms with E-state index >= 15 is 0 Å². The Labute approximate surface area is 168 Å². The number of piperidine rings is 1. The largest absolute Gasteiger partial charge is 0.383 e. The molecule has 1 saturated heterocycles. The SMILES string of the molecule is CCS(=O)(=O)c1ncc(CN2CCCC[C@@H]2COC)n1CCc1ccccc1. The average molecular weight is 406 g/mol. The number of nitrogens with zero attached hydrogens (tertiary/aromatic N) is 3. The summed E-state index contributed by atoms with van der Waals surface area (Å²) in [6.45, 7) is 4.70. The predicted molar refractivity (Wildman–Crippen MR) is 110 cm³/mol. The van der Waals surface area contributed by atoms with Crippen molar-refractivity contribution < 1.29 is 13.2 Å². The average Bonchev–Trinajstić information content (AvgIpc) is 3.12. The van der Waals surface area contributed by atoms with Crippen molar-refractivity contribution >= 4 is 9.84 Å². The van der Waals surface area contributed by atoms with Crippen molar-refractivity contribution in [2.45, 2.75) is 56.9 Å². The quantitative estimate of drug-likeness (QED) is 0.642. The lowest BCUT2D eigenvalue weighted by Gasteiger charge is -2.35. The molecule has 6 nitrogen and oxygen atoms in total. The molecule has 0 bridgehead atoms. The van der Waals surface area contributed by atoms with Crippen LogP contribution in [0.15, 0.2) is 41.7 Å². The van der Waals surface area contributed by atoms with Crippen molar-refractivity contribution in [2.24, 2.45) is 0 Å². The van der Waals surface area contributed by atoms with Gasteiger partial charge in [0.05, 0.1) is 24.3 Å². The predicted octanol–water partition coefficient (Wildman–Crippen LogP) is 2.92. The number of aromatic nitrogens is 2. The van der Waals surface area contributed by atoms with Gasteiger partial charge in [-0.15, -0.1) is 0 Å². The maximum absolute atomic E-state index is 12.6. The van der Waals surface area contributed by atoms with E-state index in [4.69, 9.17) is 4.74 Å². The summed E-state index contributed by atoms with van der Waals surface area (Å²) in [7, 11) is -1.63. The number of likely N-dealkylation sites (tertiary alicyclic amines) is 1. The zero-order chi connectivity index (χ0) is 20.0. The number of benzene rings is 1. The maximum atomic E-state index is 12.6. The van der Waals surface area contributed by atoms with E-state index in [0.29, 0.717) is 25.7 Å². The van der Waals surface area contributed by atoms with Crippen molar-refractivity contribution in [1.29, 1.82) is 0 Å². The van der Waals surface area contributed by atoms with Crippen molar-refractivity contribution in [1.82, 2.24) is 14.5 Å². The molecule has 3 rings (SSSR count). The first-order valence-corrected chi connectivity index (χ1v) is 11.7. The molecule has 0 aliphatic carbocycles. The van der Waals surface area contributed by atoms with Gasteiger partial charge in [-0.05, 0) is 31.4 Å². The summed E-state index contributed by atoms with van der Waals surface area (Å²) in [6.07, 6.45) is 6.02. The Morgan fingerprint density at radius 2 is 2.00 bits per heavy atom. The molecular weight excluding hydrogens is 374 g/mol. The van der Waals surface area contributed by atoms with Gasteiger partial charge in [0.25, 0.3) is 0 Å². The second-order valence-electron chi connectivity index (χ2n) is 7.40. The minimum absolute atomic E-state index is 0.0603. The first-order valence-electron chi connectivity index (χ1n) is 10.1.